The molecular weight excluding hydrogens is 106 g/mol. The SMILES string of the molecule is [CH2]CC(CC)[N+](=O)[O-]. The predicted molar refractivity (Wildman–Crippen MR) is 31.0 cm³/mol. The van der Waals surface area contributed by atoms with Gasteiger partial charge in [0.2, 0.25) is 6.04 Å². The number of nitro groups is 1. The molecular formula is C5H10NO2. The molecule has 0 aliphatic heterocycles. The summed E-state index contributed by atoms with van der Waals surface area (Å²) in [5.41, 5.74) is 0. The van der Waals surface area contributed by atoms with E-state index in [9.17, 15) is 10.1 Å². The van der Waals surface area contributed by atoms with Crippen molar-refractivity contribution in [1.29, 1.82) is 0 Å². The van der Waals surface area contributed by atoms with E-state index in [1.165, 1.54) is 0 Å². The fourth-order valence-electron chi connectivity index (χ4n) is 0.459. The van der Waals surface area contributed by atoms with Crippen LogP contribution in [0.4, 0.5) is 0 Å². The highest BCUT2D eigenvalue weighted by molar-refractivity contribution is 4.53. The van der Waals surface area contributed by atoms with Gasteiger partial charge in [0.05, 0.1) is 0 Å². The van der Waals surface area contributed by atoms with Crippen molar-refractivity contribution in [3.63, 3.8) is 0 Å². The number of hydrogen-bond acceptors (Lipinski definition) is 2. The van der Waals surface area contributed by atoms with Gasteiger partial charge >= 0.3 is 0 Å². The van der Waals surface area contributed by atoms with Crippen LogP contribution in [0.3, 0.4) is 0 Å². The third-order valence-electron chi connectivity index (χ3n) is 1.10. The molecule has 1 atom stereocenters. The highest BCUT2D eigenvalue weighted by Gasteiger charge is 2.12. The van der Waals surface area contributed by atoms with E-state index in [2.05, 4.69) is 6.92 Å². The highest BCUT2D eigenvalue weighted by Crippen LogP contribution is 1.98. The summed E-state index contributed by atoms with van der Waals surface area (Å²) in [5.74, 6) is 0. The summed E-state index contributed by atoms with van der Waals surface area (Å²) < 4.78 is 0. The van der Waals surface area contributed by atoms with Crippen molar-refractivity contribution < 1.29 is 4.92 Å². The van der Waals surface area contributed by atoms with Crippen molar-refractivity contribution in [2.45, 2.75) is 25.8 Å². The Hall–Kier alpha value is -0.600. The maximum absolute atomic E-state index is 9.93. The molecule has 0 aliphatic carbocycles. The van der Waals surface area contributed by atoms with E-state index in [-0.39, 0.29) is 4.92 Å². The van der Waals surface area contributed by atoms with Crippen molar-refractivity contribution in [3.8, 4) is 0 Å². The Kier molecular flexibility index (Phi) is 3.15. The van der Waals surface area contributed by atoms with E-state index in [4.69, 9.17) is 0 Å². The van der Waals surface area contributed by atoms with E-state index in [0.29, 0.717) is 12.8 Å². The van der Waals surface area contributed by atoms with Crippen LogP contribution in [-0.2, 0) is 0 Å². The molecule has 0 fully saturated rings. The van der Waals surface area contributed by atoms with E-state index < -0.39 is 6.04 Å². The molecule has 1 unspecified atom stereocenters. The maximum atomic E-state index is 9.93. The van der Waals surface area contributed by atoms with Crippen LogP contribution in [0.5, 0.6) is 0 Å². The summed E-state index contributed by atoms with van der Waals surface area (Å²) in [6.45, 7) is 5.23. The van der Waals surface area contributed by atoms with Crippen molar-refractivity contribution in [3.05, 3.63) is 17.0 Å². The van der Waals surface area contributed by atoms with Crippen molar-refractivity contribution in [2.24, 2.45) is 0 Å². The van der Waals surface area contributed by atoms with Crippen LogP contribution in [0, 0.1) is 17.0 Å². The Morgan fingerprint density at radius 3 is 2.38 bits per heavy atom. The Balaban J connectivity index is 3.52. The van der Waals surface area contributed by atoms with Crippen LogP contribution in [0.1, 0.15) is 19.8 Å². The zero-order valence-corrected chi connectivity index (χ0v) is 4.96. The van der Waals surface area contributed by atoms with Gasteiger partial charge in [-0.3, -0.25) is 10.1 Å². The first-order valence-corrected chi connectivity index (χ1v) is 2.65. The average Bonchev–Trinajstić information content (AvgIpc) is 1.69. The van der Waals surface area contributed by atoms with Gasteiger partial charge in [-0.05, 0) is 6.92 Å². The molecule has 0 aliphatic rings. The molecule has 0 bridgehead atoms. The number of nitrogens with zero attached hydrogens (tertiary/aromatic N) is 1. The van der Waals surface area contributed by atoms with E-state index in [0.717, 1.165) is 0 Å². The molecule has 8 heavy (non-hydrogen) atoms. The van der Waals surface area contributed by atoms with E-state index >= 15 is 0 Å². The van der Waals surface area contributed by atoms with E-state index in [1.807, 2.05) is 0 Å². The second-order valence-corrected chi connectivity index (χ2v) is 1.64. The van der Waals surface area contributed by atoms with Gasteiger partial charge in [0.15, 0.2) is 0 Å². The van der Waals surface area contributed by atoms with Crippen LogP contribution in [0.2, 0.25) is 0 Å². The minimum Gasteiger partial charge on any atom is -0.264 e. The first-order chi connectivity index (χ1) is 3.72. The minimum absolute atomic E-state index is 0.285. The smallest absolute Gasteiger partial charge is 0.212 e. The molecule has 0 aromatic rings. The molecule has 3 nitrogen and oxygen atoms in total. The van der Waals surface area contributed by atoms with Gasteiger partial charge in [-0.15, -0.1) is 0 Å². The summed E-state index contributed by atoms with van der Waals surface area (Å²) in [5, 5.41) is 9.93. The Bertz CT molecular complexity index is 78.5. The summed E-state index contributed by atoms with van der Waals surface area (Å²) in [7, 11) is 0. The third kappa shape index (κ3) is 1.91. The monoisotopic (exact) mass is 116 g/mol. The quantitative estimate of drug-likeness (QED) is 0.411. The summed E-state index contributed by atoms with van der Waals surface area (Å²) in [6.07, 6.45) is 0.972. The van der Waals surface area contributed by atoms with Crippen LogP contribution in [0.15, 0.2) is 0 Å². The van der Waals surface area contributed by atoms with Gasteiger partial charge < -0.3 is 0 Å². The molecule has 0 heterocycles. The molecule has 0 rings (SSSR count). The summed E-state index contributed by atoms with van der Waals surface area (Å²) in [4.78, 5) is 9.64. The highest BCUT2D eigenvalue weighted by atomic mass is 16.6. The molecule has 0 spiro atoms. The lowest BCUT2D eigenvalue weighted by Gasteiger charge is -1.99. The fourth-order valence-corrected chi connectivity index (χ4v) is 0.459. The van der Waals surface area contributed by atoms with Gasteiger partial charge in [-0.25, -0.2) is 0 Å². The predicted octanol–water partition coefficient (Wildman–Crippen LogP) is 1.27. The molecule has 47 valence electrons. The molecule has 0 saturated heterocycles. The number of rotatable bonds is 3. The molecule has 0 saturated carbocycles. The van der Waals surface area contributed by atoms with E-state index in [1.54, 1.807) is 6.92 Å². The van der Waals surface area contributed by atoms with Crippen LogP contribution in [-0.4, -0.2) is 11.0 Å². The van der Waals surface area contributed by atoms with Gasteiger partial charge in [-0.2, -0.15) is 0 Å². The molecule has 0 amide bonds. The van der Waals surface area contributed by atoms with Gasteiger partial charge in [-0.1, -0.05) is 6.92 Å². The standard InChI is InChI=1S/C5H10NO2/c1-3-5(4-2)6(7)8/h5H,1,3-4H2,2H3. The maximum Gasteiger partial charge on any atom is 0.212 e. The number of hydrogen-bond donors (Lipinski definition) is 0. The molecule has 3 heteroatoms. The third-order valence-corrected chi connectivity index (χ3v) is 1.10. The second kappa shape index (κ2) is 3.41. The summed E-state index contributed by atoms with van der Waals surface area (Å²) in [6, 6.07) is -0.435. The molecule has 1 radical (unpaired) electrons. The molecule has 0 aromatic heterocycles. The van der Waals surface area contributed by atoms with Crippen LogP contribution in [0.25, 0.3) is 0 Å². The minimum atomic E-state index is -0.435. The lowest BCUT2D eigenvalue weighted by molar-refractivity contribution is -0.522. The Morgan fingerprint density at radius 1 is 1.88 bits per heavy atom. The zero-order chi connectivity index (χ0) is 6.57. The molecule has 0 aromatic carbocycles. The largest absolute Gasteiger partial charge is 0.264 e. The topological polar surface area (TPSA) is 43.1 Å². The second-order valence-electron chi connectivity index (χ2n) is 1.64. The lowest BCUT2D eigenvalue weighted by atomic mass is 10.2. The van der Waals surface area contributed by atoms with Crippen molar-refractivity contribution >= 4 is 0 Å². The first kappa shape index (κ1) is 7.40. The van der Waals surface area contributed by atoms with Gasteiger partial charge in [0.1, 0.15) is 0 Å². The normalized spacial score (nSPS) is 9.88. The fraction of sp³-hybridized carbons (Fsp3) is 0.800. The van der Waals surface area contributed by atoms with Crippen LogP contribution < -0.4 is 0 Å². The average molecular weight is 116 g/mol. The Morgan fingerprint density at radius 2 is 2.38 bits per heavy atom. The molecule has 0 N–H and O–H groups in total. The zero-order valence-electron chi connectivity index (χ0n) is 4.96. The lowest BCUT2D eigenvalue weighted by Crippen LogP contribution is -2.16. The van der Waals surface area contributed by atoms with Crippen molar-refractivity contribution in [2.75, 3.05) is 0 Å². The van der Waals surface area contributed by atoms with Crippen LogP contribution >= 0.6 is 0 Å². The first-order valence-electron chi connectivity index (χ1n) is 2.65. The summed E-state index contributed by atoms with van der Waals surface area (Å²) >= 11 is 0. The van der Waals surface area contributed by atoms with Crippen molar-refractivity contribution in [1.82, 2.24) is 0 Å². The Labute approximate surface area is 48.9 Å². The van der Waals surface area contributed by atoms with Gasteiger partial charge in [0, 0.05) is 17.8 Å². The van der Waals surface area contributed by atoms with Gasteiger partial charge in [0.25, 0.3) is 0 Å².